The van der Waals surface area contributed by atoms with Crippen LogP contribution in [0, 0.1) is 17.8 Å². The van der Waals surface area contributed by atoms with E-state index in [1.54, 1.807) is 34.6 Å². The van der Waals surface area contributed by atoms with Crippen LogP contribution in [0.3, 0.4) is 0 Å². The summed E-state index contributed by atoms with van der Waals surface area (Å²) in [5.74, 6) is -5.07. The second kappa shape index (κ2) is 27.7. The van der Waals surface area contributed by atoms with Crippen molar-refractivity contribution in [1.29, 1.82) is 0 Å². The number of hydrogen-bond donors (Lipinski definition) is 9. The van der Waals surface area contributed by atoms with Gasteiger partial charge in [-0.25, -0.2) is 5.48 Å². The van der Waals surface area contributed by atoms with E-state index >= 15 is 0 Å². The summed E-state index contributed by atoms with van der Waals surface area (Å²) in [7, 11) is 1.84. The highest BCUT2D eigenvalue weighted by Crippen LogP contribution is 2.27. The molecule has 0 radical (unpaired) electrons. The first kappa shape index (κ1) is 53.0. The number of nitrogens with two attached hydrogens (primary N) is 2. The molecular formula is C43H71N11O10. The zero-order valence-corrected chi connectivity index (χ0v) is 37.8. The lowest BCUT2D eigenvalue weighted by atomic mass is 9.81. The quantitative estimate of drug-likeness (QED) is 0.0292. The molecular weight excluding hydrogens is 831 g/mol. The minimum absolute atomic E-state index is 0.000797. The Kier molecular flexibility index (Phi) is 22.9. The molecule has 0 aliphatic carbocycles. The van der Waals surface area contributed by atoms with Gasteiger partial charge in [-0.05, 0) is 76.1 Å². The lowest BCUT2D eigenvalue weighted by molar-refractivity contribution is -0.142. The zero-order valence-electron chi connectivity index (χ0n) is 37.8. The summed E-state index contributed by atoms with van der Waals surface area (Å²) in [6, 6.07) is 4.63. The summed E-state index contributed by atoms with van der Waals surface area (Å²) in [6.45, 7) is 8.09. The van der Waals surface area contributed by atoms with Gasteiger partial charge in [0.05, 0.1) is 32.2 Å². The second-order valence-electron chi connectivity index (χ2n) is 17.2. The number of nitrogens with one attached hydrogen (secondary N) is 5. The third-order valence-electron chi connectivity index (χ3n) is 11.4. The van der Waals surface area contributed by atoms with Gasteiger partial charge in [-0.15, -0.1) is 0 Å². The lowest BCUT2D eigenvalue weighted by Crippen LogP contribution is -2.56. The molecule has 0 unspecified atom stereocenters. The Bertz CT molecular complexity index is 1730. The summed E-state index contributed by atoms with van der Waals surface area (Å²) >= 11 is 0. The molecule has 21 heteroatoms. The molecule has 1 fully saturated rings. The average Bonchev–Trinajstić information content (AvgIpc) is 3.24. The van der Waals surface area contributed by atoms with Crippen molar-refractivity contribution in [3.05, 3.63) is 29.8 Å². The van der Waals surface area contributed by atoms with Gasteiger partial charge in [-0.1, -0.05) is 26.0 Å². The van der Waals surface area contributed by atoms with Crippen LogP contribution in [0.15, 0.2) is 29.3 Å². The number of carboxylic acids is 1. The van der Waals surface area contributed by atoms with Crippen LogP contribution in [-0.2, 0) is 40.0 Å². The highest BCUT2D eigenvalue weighted by atomic mass is 16.5. The Hall–Kier alpha value is -5.38. The molecule has 64 heavy (non-hydrogen) atoms. The fraction of sp³-hybridized carbons (Fsp3) is 0.674. The number of nitrogens with zero attached hydrogens (tertiary/aromatic N) is 4. The van der Waals surface area contributed by atoms with Crippen LogP contribution in [0.25, 0.3) is 0 Å². The predicted molar refractivity (Wildman–Crippen MR) is 238 cm³/mol. The molecule has 1 aromatic carbocycles. The van der Waals surface area contributed by atoms with Gasteiger partial charge in [0.15, 0.2) is 5.96 Å². The zero-order chi connectivity index (χ0) is 47.2. The van der Waals surface area contributed by atoms with E-state index in [4.69, 9.17) is 16.2 Å². The number of hydrogen-bond acceptors (Lipinski definition) is 13. The Labute approximate surface area is 375 Å². The average molecular weight is 902 g/mol. The van der Waals surface area contributed by atoms with Gasteiger partial charge >= 0.3 is 5.97 Å². The van der Waals surface area contributed by atoms with E-state index in [9.17, 15) is 43.9 Å². The molecule has 0 spiro atoms. The first-order chi connectivity index (χ1) is 30.4. The van der Waals surface area contributed by atoms with Gasteiger partial charge in [-0.2, -0.15) is 0 Å². The summed E-state index contributed by atoms with van der Waals surface area (Å²) in [5.41, 5.74) is 13.4. The highest BCUT2D eigenvalue weighted by Gasteiger charge is 2.37. The van der Waals surface area contributed by atoms with Crippen LogP contribution >= 0.6 is 0 Å². The molecule has 0 saturated carbocycles. The van der Waals surface area contributed by atoms with Gasteiger partial charge in [0, 0.05) is 70.6 Å². The Morgan fingerprint density at radius 2 is 1.67 bits per heavy atom. The van der Waals surface area contributed by atoms with Crippen LogP contribution in [0.2, 0.25) is 0 Å². The molecule has 3 aliphatic rings. The van der Waals surface area contributed by atoms with Crippen LogP contribution in [-0.4, -0.2) is 169 Å². The molecule has 4 rings (SSSR count). The molecule has 1 saturated heterocycles. The number of ketones is 1. The number of benzene rings is 1. The topological polar surface area (TPSA) is 303 Å². The number of fused-ring (bicyclic) bond motifs is 11. The van der Waals surface area contributed by atoms with E-state index in [1.807, 2.05) is 37.6 Å². The van der Waals surface area contributed by atoms with Crippen molar-refractivity contribution in [1.82, 2.24) is 41.4 Å². The van der Waals surface area contributed by atoms with E-state index in [-0.39, 0.29) is 94.7 Å². The molecule has 3 aliphatic heterocycles. The van der Waals surface area contributed by atoms with Gasteiger partial charge < -0.3 is 42.6 Å². The van der Waals surface area contributed by atoms with Crippen LogP contribution < -0.4 is 43.0 Å². The molecule has 5 amide bonds. The Morgan fingerprint density at radius 1 is 0.969 bits per heavy atom. The number of ether oxygens (including phenoxy) is 1. The molecule has 5 atom stereocenters. The molecule has 2 bridgehead atoms. The normalized spacial score (nSPS) is 21.7. The standard InChI is InChI=1S/C43H71N11O10/c1-28(2)23-34-33(40(60)51-63)7-6-22-64-32-13-10-30(11-14-32)24-36(50-39(34)59)42(62)49-35(8-5-15-48-43(44)45)41(61)47-17-16-46-37(56)26-53-19-18-52(4)25-31(55)12-9-29(3)54(21-20-53)27-38(57)58/h10-11,13-14,28-29,33-36,63H,5-9,12,15-27H2,1-4H3,(H,46,56)(H,47,61)(H,49,62)(H,50,59)(H,51,60)(H,57,58)(H4,44,45,48)/t29-,33+,34-,35+,36+/m1/s1. The van der Waals surface area contributed by atoms with Crippen LogP contribution in [0.4, 0.5) is 0 Å². The van der Waals surface area contributed by atoms with Gasteiger partial charge in [0.1, 0.15) is 23.6 Å². The largest absolute Gasteiger partial charge is 0.494 e. The number of rotatable bonds is 17. The smallest absolute Gasteiger partial charge is 0.317 e. The van der Waals surface area contributed by atoms with Crippen molar-refractivity contribution in [2.45, 2.75) is 90.3 Å². The maximum Gasteiger partial charge on any atom is 0.317 e. The molecule has 358 valence electrons. The van der Waals surface area contributed by atoms with E-state index in [0.717, 1.165) is 0 Å². The van der Waals surface area contributed by atoms with Crippen molar-refractivity contribution in [2.24, 2.45) is 34.2 Å². The van der Waals surface area contributed by atoms with Crippen molar-refractivity contribution in [2.75, 3.05) is 79.1 Å². The fourth-order valence-electron chi connectivity index (χ4n) is 7.81. The van der Waals surface area contributed by atoms with Crippen molar-refractivity contribution < 1.29 is 48.6 Å². The SMILES string of the molecule is CC(C)C[C@H]1C(=O)N[C@H](C(=O)N[C@@H](CCCN=C(N)N)C(=O)NCCNC(=O)CN2CCN(C)CC(=O)CC[C@@H](C)N(CC(=O)O)CC2)Cc2ccc(cc2)OCCC[C@@H]1C(=O)NO. The molecule has 3 heterocycles. The van der Waals surface area contributed by atoms with E-state index < -0.39 is 53.5 Å². The third-order valence-corrected chi connectivity index (χ3v) is 11.4. The molecule has 0 aromatic heterocycles. The van der Waals surface area contributed by atoms with E-state index in [2.05, 4.69) is 26.3 Å². The summed E-state index contributed by atoms with van der Waals surface area (Å²) in [5, 5.41) is 30.3. The molecule has 11 N–H and O–H groups in total. The lowest BCUT2D eigenvalue weighted by Gasteiger charge is -2.32. The van der Waals surface area contributed by atoms with Crippen molar-refractivity contribution in [3.8, 4) is 5.75 Å². The number of Topliss-reactive ketones (excluding diaryl/α,β-unsaturated/α-hetero) is 1. The highest BCUT2D eigenvalue weighted by molar-refractivity contribution is 5.94. The molecule has 21 nitrogen and oxygen atoms in total. The monoisotopic (exact) mass is 902 g/mol. The first-order valence-electron chi connectivity index (χ1n) is 22.2. The van der Waals surface area contributed by atoms with Crippen molar-refractivity contribution in [3.63, 3.8) is 0 Å². The third kappa shape index (κ3) is 19.6. The number of guanidine groups is 1. The van der Waals surface area contributed by atoms with Crippen LogP contribution in [0.1, 0.15) is 71.3 Å². The number of carbonyl (C=O) groups is 7. The maximum absolute atomic E-state index is 14.2. The maximum atomic E-state index is 14.2. The summed E-state index contributed by atoms with van der Waals surface area (Å²) < 4.78 is 5.86. The fourth-order valence-corrected chi connectivity index (χ4v) is 7.81. The number of hydroxylamine groups is 1. The number of carboxylic acid groups (broad SMARTS) is 1. The summed E-state index contributed by atoms with van der Waals surface area (Å²) in [4.78, 5) is 102. The van der Waals surface area contributed by atoms with E-state index in [1.165, 1.54) is 0 Å². The number of carbonyl (C=O) groups excluding carboxylic acids is 6. The van der Waals surface area contributed by atoms with Crippen LogP contribution in [0.5, 0.6) is 5.75 Å². The van der Waals surface area contributed by atoms with E-state index in [0.29, 0.717) is 69.6 Å². The summed E-state index contributed by atoms with van der Waals surface area (Å²) in [6.07, 6.45) is 2.30. The minimum Gasteiger partial charge on any atom is -0.494 e. The Balaban J connectivity index is 1.73. The first-order valence-corrected chi connectivity index (χ1v) is 22.2. The van der Waals surface area contributed by atoms with Gasteiger partial charge in [-0.3, -0.25) is 58.5 Å². The van der Waals surface area contributed by atoms with Gasteiger partial charge in [0.25, 0.3) is 0 Å². The van der Waals surface area contributed by atoms with Crippen molar-refractivity contribution >= 4 is 47.2 Å². The van der Waals surface area contributed by atoms with Gasteiger partial charge in [0.2, 0.25) is 29.5 Å². The minimum atomic E-state index is -1.17. The molecule has 1 aromatic rings. The number of aliphatic carboxylic acids is 1. The number of likely N-dealkylation sites (N-methyl/N-ethyl adjacent to an activating group) is 1. The second-order valence-corrected chi connectivity index (χ2v) is 17.2. The number of amides is 5. The predicted octanol–water partition coefficient (Wildman–Crippen LogP) is -1.19. The number of aliphatic imine (C=N–C) groups is 1. The Morgan fingerprint density at radius 3 is 2.34 bits per heavy atom.